The Morgan fingerprint density at radius 2 is 2.08 bits per heavy atom. The van der Waals surface area contributed by atoms with Crippen LogP contribution < -0.4 is 10.7 Å². The number of anilines is 1. The predicted molar refractivity (Wildman–Crippen MR) is 98.6 cm³/mol. The van der Waals surface area contributed by atoms with E-state index in [1.54, 1.807) is 19.1 Å². The molecular weight excluding hydrogens is 362 g/mol. The molecule has 130 valence electrons. The largest absolute Gasteiger partial charge is 0.451 e. The van der Waals surface area contributed by atoms with Gasteiger partial charge in [-0.25, -0.2) is 0 Å². The number of carbonyl (C=O) groups is 1. The summed E-state index contributed by atoms with van der Waals surface area (Å²) in [6.45, 7) is 5.96. The molecule has 1 aromatic carbocycles. The van der Waals surface area contributed by atoms with Crippen LogP contribution in [-0.4, -0.2) is 16.1 Å². The Labute approximate surface area is 152 Å². The summed E-state index contributed by atoms with van der Waals surface area (Å²) in [6, 6.07) is 4.34. The van der Waals surface area contributed by atoms with Crippen molar-refractivity contribution in [3.05, 3.63) is 49.8 Å². The zero-order valence-corrected chi connectivity index (χ0v) is 15.5. The number of nitrogens with one attached hydrogen (secondary N) is 1. The average Bonchev–Trinajstić information content (AvgIpc) is 2.95. The first-order chi connectivity index (χ1) is 11.8. The molecule has 0 aliphatic rings. The van der Waals surface area contributed by atoms with Crippen LogP contribution in [0, 0.1) is 12.8 Å². The molecule has 1 N–H and O–H groups in total. The van der Waals surface area contributed by atoms with E-state index in [9.17, 15) is 9.59 Å². The van der Waals surface area contributed by atoms with E-state index < -0.39 is 5.91 Å². The molecule has 0 bridgehead atoms. The van der Waals surface area contributed by atoms with E-state index in [0.717, 1.165) is 23.1 Å². The van der Waals surface area contributed by atoms with Crippen LogP contribution in [0.3, 0.4) is 0 Å². The van der Waals surface area contributed by atoms with Crippen molar-refractivity contribution in [1.82, 2.24) is 10.2 Å². The minimum Gasteiger partial charge on any atom is -0.451 e. The van der Waals surface area contributed by atoms with Crippen LogP contribution in [0.2, 0.25) is 5.02 Å². The summed E-state index contributed by atoms with van der Waals surface area (Å²) >= 11 is 7.34. The highest BCUT2D eigenvalue weighted by Crippen LogP contribution is 2.23. The number of amides is 1. The van der Waals surface area contributed by atoms with Gasteiger partial charge in [-0.2, -0.15) is 0 Å². The number of hydrogen-bond acceptors (Lipinski definition) is 6. The molecule has 0 saturated heterocycles. The highest BCUT2D eigenvalue weighted by atomic mass is 35.5. The van der Waals surface area contributed by atoms with Gasteiger partial charge in [0.05, 0.1) is 5.39 Å². The number of aromatic nitrogens is 2. The fraction of sp³-hybridized carbons (Fsp3) is 0.294. The van der Waals surface area contributed by atoms with E-state index in [-0.39, 0.29) is 11.2 Å². The third-order valence-corrected chi connectivity index (χ3v) is 4.77. The average molecular weight is 378 g/mol. The Kier molecular flexibility index (Phi) is 4.87. The lowest BCUT2D eigenvalue weighted by Crippen LogP contribution is -2.15. The first-order valence-corrected chi connectivity index (χ1v) is 8.90. The van der Waals surface area contributed by atoms with E-state index in [2.05, 4.69) is 29.4 Å². The predicted octanol–water partition coefficient (Wildman–Crippen LogP) is 4.06. The van der Waals surface area contributed by atoms with Gasteiger partial charge >= 0.3 is 0 Å². The number of aryl methyl sites for hydroxylation is 1. The van der Waals surface area contributed by atoms with Crippen molar-refractivity contribution in [2.24, 2.45) is 5.92 Å². The smallest absolute Gasteiger partial charge is 0.293 e. The number of halogens is 1. The molecule has 0 atom stereocenters. The van der Waals surface area contributed by atoms with Gasteiger partial charge in [-0.05, 0) is 30.5 Å². The first kappa shape index (κ1) is 17.6. The number of fused-ring (bicyclic) bond motifs is 1. The van der Waals surface area contributed by atoms with Crippen LogP contribution in [0.15, 0.2) is 27.4 Å². The van der Waals surface area contributed by atoms with Crippen LogP contribution in [0.25, 0.3) is 11.0 Å². The number of carbonyl (C=O) groups excluding carboxylic acids is 1. The Morgan fingerprint density at radius 3 is 2.80 bits per heavy atom. The fourth-order valence-corrected chi connectivity index (χ4v) is 3.39. The number of hydrogen-bond donors (Lipinski definition) is 1. The molecular formula is C17H16ClN3O3S. The van der Waals surface area contributed by atoms with Gasteiger partial charge in [0.15, 0.2) is 11.2 Å². The van der Waals surface area contributed by atoms with Crippen LogP contribution in [0.4, 0.5) is 5.13 Å². The maximum Gasteiger partial charge on any atom is 0.293 e. The zero-order chi connectivity index (χ0) is 18.1. The molecule has 0 saturated carbocycles. The second-order valence-corrected chi connectivity index (χ2v) is 7.59. The number of rotatable bonds is 4. The van der Waals surface area contributed by atoms with Gasteiger partial charge in [0.1, 0.15) is 10.6 Å². The van der Waals surface area contributed by atoms with Gasteiger partial charge < -0.3 is 4.42 Å². The Morgan fingerprint density at radius 1 is 1.32 bits per heavy atom. The van der Waals surface area contributed by atoms with E-state index in [1.807, 2.05) is 0 Å². The molecule has 6 nitrogen and oxygen atoms in total. The van der Waals surface area contributed by atoms with Crippen LogP contribution >= 0.6 is 22.9 Å². The van der Waals surface area contributed by atoms with Crippen LogP contribution in [-0.2, 0) is 6.42 Å². The Hall–Kier alpha value is -2.25. The molecule has 0 aliphatic carbocycles. The molecule has 25 heavy (non-hydrogen) atoms. The van der Waals surface area contributed by atoms with E-state index in [0.29, 0.717) is 27.0 Å². The third-order valence-electron chi connectivity index (χ3n) is 3.50. The van der Waals surface area contributed by atoms with Crippen molar-refractivity contribution in [3.63, 3.8) is 0 Å². The van der Waals surface area contributed by atoms with Gasteiger partial charge in [0.25, 0.3) is 5.91 Å². The molecule has 2 heterocycles. The first-order valence-electron chi connectivity index (χ1n) is 7.71. The van der Waals surface area contributed by atoms with Crippen LogP contribution in [0.1, 0.15) is 35.0 Å². The van der Waals surface area contributed by atoms with Gasteiger partial charge in [0, 0.05) is 17.5 Å². The highest BCUT2D eigenvalue weighted by molar-refractivity contribution is 7.15. The summed E-state index contributed by atoms with van der Waals surface area (Å²) in [5.41, 5.74) is 0.751. The Balaban J connectivity index is 1.88. The fourth-order valence-electron chi connectivity index (χ4n) is 2.28. The van der Waals surface area contributed by atoms with Crippen molar-refractivity contribution < 1.29 is 9.21 Å². The zero-order valence-electron chi connectivity index (χ0n) is 13.9. The quantitative estimate of drug-likeness (QED) is 0.741. The summed E-state index contributed by atoms with van der Waals surface area (Å²) in [7, 11) is 0. The van der Waals surface area contributed by atoms with E-state index in [1.165, 1.54) is 11.3 Å². The van der Waals surface area contributed by atoms with Crippen molar-refractivity contribution in [3.8, 4) is 0 Å². The molecule has 1 amide bonds. The van der Waals surface area contributed by atoms with Gasteiger partial charge in [-0.15, -0.1) is 10.2 Å². The SMILES string of the molecule is Cc1cc2oc(C(=O)Nc3nnc(CC(C)C)s3)cc(=O)c2cc1Cl. The molecule has 2 aromatic heterocycles. The topological polar surface area (TPSA) is 85.1 Å². The van der Waals surface area contributed by atoms with Crippen molar-refractivity contribution in [1.29, 1.82) is 0 Å². The van der Waals surface area contributed by atoms with E-state index >= 15 is 0 Å². The standard InChI is InChI=1S/C17H16ClN3O3S/c1-8(2)4-15-20-21-17(25-15)19-16(23)14-7-12(22)10-6-11(18)9(3)5-13(10)24-14/h5-8H,4H2,1-3H3,(H,19,21,23). The number of nitrogens with zero attached hydrogens (tertiary/aromatic N) is 2. The lowest BCUT2D eigenvalue weighted by molar-refractivity contribution is 0.0997. The second-order valence-electron chi connectivity index (χ2n) is 6.13. The van der Waals surface area contributed by atoms with Gasteiger partial charge in [-0.3, -0.25) is 14.9 Å². The summed E-state index contributed by atoms with van der Waals surface area (Å²) in [4.78, 5) is 24.6. The van der Waals surface area contributed by atoms with Crippen LogP contribution in [0.5, 0.6) is 0 Å². The van der Waals surface area contributed by atoms with Crippen molar-refractivity contribution >= 4 is 44.9 Å². The lowest BCUT2D eigenvalue weighted by Gasteiger charge is -2.04. The molecule has 0 spiro atoms. The third kappa shape index (κ3) is 3.88. The Bertz CT molecular complexity index is 1010. The monoisotopic (exact) mass is 377 g/mol. The normalized spacial score (nSPS) is 11.2. The minimum absolute atomic E-state index is 0.0835. The lowest BCUT2D eigenvalue weighted by atomic mass is 10.1. The maximum absolute atomic E-state index is 12.4. The molecule has 0 fully saturated rings. The number of benzene rings is 1. The van der Waals surface area contributed by atoms with Gasteiger partial charge in [0.2, 0.25) is 5.13 Å². The highest BCUT2D eigenvalue weighted by Gasteiger charge is 2.16. The molecule has 3 rings (SSSR count). The summed E-state index contributed by atoms with van der Waals surface area (Å²) in [6.07, 6.45) is 0.790. The molecule has 3 aromatic rings. The van der Waals surface area contributed by atoms with Gasteiger partial charge in [-0.1, -0.05) is 36.8 Å². The summed E-state index contributed by atoms with van der Waals surface area (Å²) < 4.78 is 5.57. The molecule has 0 unspecified atom stereocenters. The maximum atomic E-state index is 12.4. The molecule has 0 aliphatic heterocycles. The summed E-state index contributed by atoms with van der Waals surface area (Å²) in [5.74, 6) is -0.177. The minimum atomic E-state index is -0.543. The second kappa shape index (κ2) is 6.93. The molecule has 8 heteroatoms. The molecule has 0 radical (unpaired) electrons. The van der Waals surface area contributed by atoms with E-state index in [4.69, 9.17) is 16.0 Å². The summed E-state index contributed by atoms with van der Waals surface area (Å²) in [5, 5.41) is 12.6. The van der Waals surface area contributed by atoms with Crippen molar-refractivity contribution in [2.45, 2.75) is 27.2 Å². The van der Waals surface area contributed by atoms with Crippen molar-refractivity contribution in [2.75, 3.05) is 5.32 Å².